The highest BCUT2D eigenvalue weighted by atomic mass is 35.5. The van der Waals surface area contributed by atoms with Gasteiger partial charge in [0.15, 0.2) is 5.82 Å². The van der Waals surface area contributed by atoms with Gasteiger partial charge in [0.05, 0.1) is 36.6 Å². The Hall–Kier alpha value is -2.44. The van der Waals surface area contributed by atoms with Crippen LogP contribution in [0, 0.1) is 23.7 Å². The van der Waals surface area contributed by atoms with Gasteiger partial charge in [0.1, 0.15) is 5.52 Å². The van der Waals surface area contributed by atoms with Crippen LogP contribution in [0.15, 0.2) is 36.8 Å². The van der Waals surface area contributed by atoms with Gasteiger partial charge < -0.3 is 15.0 Å². The van der Waals surface area contributed by atoms with Gasteiger partial charge in [-0.05, 0) is 38.8 Å². The van der Waals surface area contributed by atoms with E-state index in [2.05, 4.69) is 27.3 Å². The van der Waals surface area contributed by atoms with Crippen LogP contribution in [0.4, 0.5) is 5.82 Å². The van der Waals surface area contributed by atoms with E-state index in [0.717, 1.165) is 60.8 Å². The van der Waals surface area contributed by atoms with Crippen LogP contribution in [0.1, 0.15) is 25.5 Å². The molecular weight excluding hydrogens is 398 g/mol. The van der Waals surface area contributed by atoms with Crippen LogP contribution >= 0.6 is 11.6 Å². The van der Waals surface area contributed by atoms with Crippen LogP contribution < -0.4 is 4.90 Å². The Kier molecular flexibility index (Phi) is 4.79. The number of imidazole rings is 1. The minimum atomic E-state index is 0.0873. The van der Waals surface area contributed by atoms with Crippen molar-refractivity contribution in [1.82, 2.24) is 14.4 Å². The highest BCUT2D eigenvalue weighted by Crippen LogP contribution is 2.46. The van der Waals surface area contributed by atoms with Crippen molar-refractivity contribution >= 4 is 29.2 Å². The minimum Gasteiger partial charge on any atom is -0.377 e. The molecule has 30 heavy (non-hydrogen) atoms. The summed E-state index contributed by atoms with van der Waals surface area (Å²) in [6.07, 6.45) is 7.50. The summed E-state index contributed by atoms with van der Waals surface area (Å²) in [6.45, 7) is 6.70. The molecule has 1 aromatic carbocycles. The van der Waals surface area contributed by atoms with Gasteiger partial charge in [0.2, 0.25) is 0 Å². The SMILES string of the molecule is Cc1nc(N2CCC3(CC2)CO[C@@H](C)[C@H]3C=N)c2cncn2c1-c1cccc(Cl)c1. The standard InChI is InChI=1S/C23H26ClN5O/c1-15-21(17-4-3-5-18(24)10-17)29-14-26-12-20(29)22(27-15)28-8-6-23(7-9-28)13-30-16(2)19(23)11-25/h3-5,10-12,14,16,19,25H,6-9,13H2,1-2H3/t16-,19+/m0/s1. The number of nitrogens with one attached hydrogen (secondary N) is 1. The molecule has 2 aliphatic heterocycles. The monoisotopic (exact) mass is 423 g/mol. The topological polar surface area (TPSA) is 66.5 Å². The summed E-state index contributed by atoms with van der Waals surface area (Å²) in [4.78, 5) is 11.8. The normalized spacial score (nSPS) is 23.4. The summed E-state index contributed by atoms with van der Waals surface area (Å²) in [6, 6.07) is 7.86. The zero-order valence-electron chi connectivity index (χ0n) is 17.3. The van der Waals surface area contributed by atoms with Gasteiger partial charge in [0.25, 0.3) is 0 Å². The van der Waals surface area contributed by atoms with Crippen molar-refractivity contribution in [3.8, 4) is 11.3 Å². The number of fused-ring (bicyclic) bond motifs is 1. The molecule has 0 saturated carbocycles. The maximum atomic E-state index is 7.89. The number of benzene rings is 1. The molecule has 2 aliphatic rings. The number of aromatic nitrogens is 3. The Labute approximate surface area is 181 Å². The van der Waals surface area contributed by atoms with Crippen molar-refractivity contribution in [2.75, 3.05) is 24.6 Å². The molecule has 3 aromatic rings. The Balaban J connectivity index is 1.49. The van der Waals surface area contributed by atoms with E-state index in [9.17, 15) is 0 Å². The van der Waals surface area contributed by atoms with E-state index in [0.29, 0.717) is 5.02 Å². The third-order valence-corrected chi connectivity index (χ3v) is 7.14. The van der Waals surface area contributed by atoms with E-state index >= 15 is 0 Å². The van der Waals surface area contributed by atoms with Crippen LogP contribution in [0.2, 0.25) is 5.02 Å². The summed E-state index contributed by atoms with van der Waals surface area (Å²) in [5.41, 5.74) is 4.10. The molecule has 1 N–H and O–H groups in total. The average molecular weight is 424 g/mol. The first kappa shape index (κ1) is 19.5. The molecule has 4 heterocycles. The first-order chi connectivity index (χ1) is 14.5. The number of halogens is 1. The molecule has 0 bridgehead atoms. The third kappa shape index (κ3) is 3.01. The smallest absolute Gasteiger partial charge is 0.154 e. The summed E-state index contributed by atoms with van der Waals surface area (Å²) < 4.78 is 8.05. The second-order valence-electron chi connectivity index (χ2n) is 8.59. The van der Waals surface area contributed by atoms with E-state index < -0.39 is 0 Å². The number of ether oxygens (including phenoxy) is 1. The van der Waals surface area contributed by atoms with Gasteiger partial charge in [-0.25, -0.2) is 9.97 Å². The molecule has 7 heteroatoms. The fourth-order valence-corrected chi connectivity index (χ4v) is 5.44. The van der Waals surface area contributed by atoms with Crippen molar-refractivity contribution in [2.45, 2.75) is 32.8 Å². The van der Waals surface area contributed by atoms with Gasteiger partial charge in [-0.3, -0.25) is 4.40 Å². The predicted octanol–water partition coefficient (Wildman–Crippen LogP) is 4.63. The van der Waals surface area contributed by atoms with Crippen molar-refractivity contribution in [2.24, 2.45) is 11.3 Å². The van der Waals surface area contributed by atoms with Gasteiger partial charge >= 0.3 is 0 Å². The largest absolute Gasteiger partial charge is 0.377 e. The van der Waals surface area contributed by atoms with Crippen molar-refractivity contribution in [3.05, 3.63) is 47.5 Å². The molecule has 5 rings (SSSR count). The van der Waals surface area contributed by atoms with Crippen LogP contribution in [0.3, 0.4) is 0 Å². The Bertz CT molecular complexity index is 1100. The number of rotatable bonds is 3. The number of piperidine rings is 1. The molecular formula is C23H26ClN5O. The summed E-state index contributed by atoms with van der Waals surface area (Å²) >= 11 is 6.24. The van der Waals surface area contributed by atoms with Gasteiger partial charge in [-0.1, -0.05) is 23.7 Å². The molecule has 0 aliphatic carbocycles. The molecule has 0 radical (unpaired) electrons. The van der Waals surface area contributed by atoms with E-state index in [-0.39, 0.29) is 17.4 Å². The summed E-state index contributed by atoms with van der Waals surface area (Å²) in [7, 11) is 0. The summed E-state index contributed by atoms with van der Waals surface area (Å²) in [5, 5.41) is 8.60. The fourth-order valence-electron chi connectivity index (χ4n) is 5.25. The van der Waals surface area contributed by atoms with E-state index in [1.54, 1.807) is 6.21 Å². The Morgan fingerprint density at radius 2 is 2.10 bits per heavy atom. The number of anilines is 1. The van der Waals surface area contributed by atoms with Crippen molar-refractivity contribution in [1.29, 1.82) is 5.41 Å². The van der Waals surface area contributed by atoms with E-state index in [4.69, 9.17) is 26.7 Å². The van der Waals surface area contributed by atoms with Gasteiger partial charge in [-0.15, -0.1) is 0 Å². The van der Waals surface area contributed by atoms with Crippen molar-refractivity contribution in [3.63, 3.8) is 0 Å². The van der Waals surface area contributed by atoms with Gasteiger partial charge in [-0.2, -0.15) is 0 Å². The third-order valence-electron chi connectivity index (χ3n) is 6.91. The number of aryl methyl sites for hydroxylation is 1. The number of hydrogen-bond donors (Lipinski definition) is 1. The molecule has 1 spiro atoms. The molecule has 6 nitrogen and oxygen atoms in total. The lowest BCUT2D eigenvalue weighted by molar-refractivity contribution is 0.0973. The lowest BCUT2D eigenvalue weighted by atomic mass is 9.69. The van der Waals surface area contributed by atoms with Crippen molar-refractivity contribution < 1.29 is 4.74 Å². The highest BCUT2D eigenvalue weighted by Gasteiger charge is 2.48. The zero-order valence-corrected chi connectivity index (χ0v) is 18.1. The lowest BCUT2D eigenvalue weighted by Gasteiger charge is -2.42. The Morgan fingerprint density at radius 1 is 1.30 bits per heavy atom. The molecule has 0 unspecified atom stereocenters. The zero-order chi connectivity index (χ0) is 20.9. The van der Waals surface area contributed by atoms with Crippen LogP contribution in [0.5, 0.6) is 0 Å². The molecule has 2 atom stereocenters. The van der Waals surface area contributed by atoms with Crippen LogP contribution in [-0.4, -0.2) is 46.4 Å². The Morgan fingerprint density at radius 3 is 2.83 bits per heavy atom. The molecule has 0 amide bonds. The van der Waals surface area contributed by atoms with E-state index in [1.807, 2.05) is 37.6 Å². The molecule has 2 aromatic heterocycles. The van der Waals surface area contributed by atoms with Crippen LogP contribution in [0.25, 0.3) is 16.8 Å². The maximum absolute atomic E-state index is 7.89. The fraction of sp³-hybridized carbons (Fsp3) is 0.435. The molecule has 2 fully saturated rings. The number of nitrogens with zero attached hydrogens (tertiary/aromatic N) is 4. The first-order valence-electron chi connectivity index (χ1n) is 10.5. The van der Waals surface area contributed by atoms with E-state index in [1.165, 1.54) is 0 Å². The first-order valence-corrected chi connectivity index (χ1v) is 10.9. The quantitative estimate of drug-likeness (QED) is 0.624. The van der Waals surface area contributed by atoms with Gasteiger partial charge in [0, 0.05) is 41.2 Å². The average Bonchev–Trinajstić information content (AvgIpc) is 3.33. The second kappa shape index (κ2) is 7.36. The summed E-state index contributed by atoms with van der Waals surface area (Å²) in [5.74, 6) is 1.18. The minimum absolute atomic E-state index is 0.0873. The molecule has 156 valence electrons. The second-order valence-corrected chi connectivity index (χ2v) is 9.02. The van der Waals surface area contributed by atoms with Crippen LogP contribution in [-0.2, 0) is 4.74 Å². The lowest BCUT2D eigenvalue weighted by Crippen LogP contribution is -2.45. The number of hydrogen-bond acceptors (Lipinski definition) is 5. The molecule has 2 saturated heterocycles. The highest BCUT2D eigenvalue weighted by molar-refractivity contribution is 6.30. The maximum Gasteiger partial charge on any atom is 0.154 e. The predicted molar refractivity (Wildman–Crippen MR) is 120 cm³/mol.